The molecular weight excluding hydrogens is 293 g/mol. The summed E-state index contributed by atoms with van der Waals surface area (Å²) < 4.78 is 15.3. The van der Waals surface area contributed by atoms with E-state index >= 15 is 0 Å². The maximum atomic E-state index is 13.3. The van der Waals surface area contributed by atoms with E-state index in [0.717, 1.165) is 35.4 Å². The lowest BCUT2D eigenvalue weighted by Crippen LogP contribution is -2.41. The maximum absolute atomic E-state index is 13.3. The molecule has 1 saturated heterocycles. The van der Waals surface area contributed by atoms with E-state index in [1.165, 1.54) is 12.1 Å². The van der Waals surface area contributed by atoms with Crippen molar-refractivity contribution in [1.82, 2.24) is 9.88 Å². The van der Waals surface area contributed by atoms with E-state index < -0.39 is 0 Å². The molecule has 0 amide bonds. The van der Waals surface area contributed by atoms with Gasteiger partial charge >= 0.3 is 0 Å². The second-order valence-electron chi connectivity index (χ2n) is 5.74. The molecule has 2 N–H and O–H groups in total. The van der Waals surface area contributed by atoms with Gasteiger partial charge in [0.25, 0.3) is 0 Å². The van der Waals surface area contributed by atoms with Crippen molar-refractivity contribution in [1.29, 1.82) is 5.26 Å². The van der Waals surface area contributed by atoms with Crippen LogP contribution in [0.3, 0.4) is 0 Å². The molecule has 4 rings (SSSR count). The SMILES string of the molecule is N#Cc1c(C2CNC2)n(-c2ccc(F)cc2)c2ccc(O)cc12. The number of hydrogen-bond donors (Lipinski definition) is 2. The number of rotatable bonds is 2. The molecule has 1 fully saturated rings. The average Bonchev–Trinajstić information content (AvgIpc) is 2.79. The fourth-order valence-corrected chi connectivity index (χ4v) is 3.15. The molecule has 0 radical (unpaired) electrons. The number of nitrogens with zero attached hydrogens (tertiary/aromatic N) is 2. The van der Waals surface area contributed by atoms with Crippen LogP contribution in [-0.2, 0) is 0 Å². The summed E-state index contributed by atoms with van der Waals surface area (Å²) in [6, 6.07) is 13.5. The van der Waals surface area contributed by atoms with Gasteiger partial charge in [0, 0.05) is 35.8 Å². The maximum Gasteiger partial charge on any atom is 0.123 e. The number of benzene rings is 2. The Labute approximate surface area is 132 Å². The second kappa shape index (κ2) is 5.11. The molecule has 5 heteroatoms. The van der Waals surface area contributed by atoms with Gasteiger partial charge in [0.2, 0.25) is 0 Å². The zero-order chi connectivity index (χ0) is 16.0. The van der Waals surface area contributed by atoms with E-state index in [9.17, 15) is 14.8 Å². The Bertz CT molecular complexity index is 934. The molecule has 1 aliphatic heterocycles. The lowest BCUT2D eigenvalue weighted by Gasteiger charge is -2.29. The predicted molar refractivity (Wildman–Crippen MR) is 85.2 cm³/mol. The third-order valence-corrected chi connectivity index (χ3v) is 4.35. The lowest BCUT2D eigenvalue weighted by atomic mass is 9.95. The Kier molecular flexibility index (Phi) is 3.07. The van der Waals surface area contributed by atoms with Crippen LogP contribution in [0.2, 0.25) is 0 Å². The van der Waals surface area contributed by atoms with E-state index in [1.807, 2.05) is 4.57 Å². The second-order valence-corrected chi connectivity index (χ2v) is 5.74. The average molecular weight is 307 g/mol. The van der Waals surface area contributed by atoms with E-state index in [0.29, 0.717) is 5.56 Å². The van der Waals surface area contributed by atoms with Gasteiger partial charge in [-0.1, -0.05) is 0 Å². The van der Waals surface area contributed by atoms with Gasteiger partial charge in [0.05, 0.1) is 11.1 Å². The Hall–Kier alpha value is -2.84. The Morgan fingerprint density at radius 1 is 1.17 bits per heavy atom. The number of phenols is 1. The topological polar surface area (TPSA) is 61.0 Å². The molecule has 4 nitrogen and oxygen atoms in total. The number of nitrogens with one attached hydrogen (secondary N) is 1. The highest BCUT2D eigenvalue weighted by molar-refractivity contribution is 5.91. The van der Waals surface area contributed by atoms with Gasteiger partial charge < -0.3 is 15.0 Å². The molecule has 1 aromatic heterocycles. The Morgan fingerprint density at radius 2 is 1.91 bits per heavy atom. The number of phenolic OH excluding ortho intramolecular Hbond substituents is 1. The van der Waals surface area contributed by atoms with Crippen LogP contribution < -0.4 is 5.32 Å². The minimum absolute atomic E-state index is 0.128. The summed E-state index contributed by atoms with van der Waals surface area (Å²) in [4.78, 5) is 0. The monoisotopic (exact) mass is 307 g/mol. The molecule has 2 heterocycles. The first-order valence-electron chi connectivity index (χ1n) is 7.43. The highest BCUT2D eigenvalue weighted by atomic mass is 19.1. The third kappa shape index (κ3) is 2.07. The number of halogens is 1. The minimum Gasteiger partial charge on any atom is -0.508 e. The molecule has 1 aliphatic rings. The fourth-order valence-electron chi connectivity index (χ4n) is 3.15. The van der Waals surface area contributed by atoms with Crippen LogP contribution in [0.5, 0.6) is 5.75 Å². The fraction of sp³-hybridized carbons (Fsp3) is 0.167. The summed E-state index contributed by atoms with van der Waals surface area (Å²) >= 11 is 0. The van der Waals surface area contributed by atoms with E-state index in [-0.39, 0.29) is 17.5 Å². The molecule has 0 bridgehead atoms. The van der Waals surface area contributed by atoms with Crippen molar-refractivity contribution >= 4 is 10.9 Å². The van der Waals surface area contributed by atoms with Gasteiger partial charge in [0.1, 0.15) is 17.6 Å². The zero-order valence-corrected chi connectivity index (χ0v) is 12.3. The molecule has 114 valence electrons. The molecule has 2 aromatic carbocycles. The van der Waals surface area contributed by atoms with Crippen molar-refractivity contribution in [3.63, 3.8) is 0 Å². The minimum atomic E-state index is -0.296. The Morgan fingerprint density at radius 3 is 2.52 bits per heavy atom. The molecule has 0 aliphatic carbocycles. The quantitative estimate of drug-likeness (QED) is 0.765. The van der Waals surface area contributed by atoms with Crippen LogP contribution in [-0.4, -0.2) is 22.8 Å². The molecule has 23 heavy (non-hydrogen) atoms. The third-order valence-electron chi connectivity index (χ3n) is 4.35. The molecule has 0 unspecified atom stereocenters. The standard InChI is InChI=1S/C18H14FN3O/c19-12-1-3-13(4-2-12)22-17-6-5-14(23)7-15(17)16(8-20)18(22)11-9-21-10-11/h1-7,11,21,23H,9-10H2. The number of aromatic hydroxyl groups is 1. The summed E-state index contributed by atoms with van der Waals surface area (Å²) in [5.41, 5.74) is 3.14. The van der Waals surface area contributed by atoms with Gasteiger partial charge in [-0.25, -0.2) is 4.39 Å². The van der Waals surface area contributed by atoms with Crippen LogP contribution in [0.25, 0.3) is 16.6 Å². The van der Waals surface area contributed by atoms with E-state index in [2.05, 4.69) is 11.4 Å². The number of hydrogen-bond acceptors (Lipinski definition) is 3. The molecule has 3 aromatic rings. The smallest absolute Gasteiger partial charge is 0.123 e. The van der Waals surface area contributed by atoms with Crippen molar-refractivity contribution in [3.8, 4) is 17.5 Å². The van der Waals surface area contributed by atoms with Gasteiger partial charge in [0.15, 0.2) is 0 Å². The highest BCUT2D eigenvalue weighted by Crippen LogP contribution is 2.36. The van der Waals surface area contributed by atoms with E-state index in [1.54, 1.807) is 30.3 Å². The van der Waals surface area contributed by atoms with Gasteiger partial charge in [-0.05, 0) is 42.5 Å². The van der Waals surface area contributed by atoms with Crippen molar-refractivity contribution < 1.29 is 9.50 Å². The Balaban J connectivity index is 2.08. The zero-order valence-electron chi connectivity index (χ0n) is 12.3. The number of nitriles is 1. The van der Waals surface area contributed by atoms with E-state index in [4.69, 9.17) is 0 Å². The lowest BCUT2D eigenvalue weighted by molar-refractivity contribution is 0.435. The highest BCUT2D eigenvalue weighted by Gasteiger charge is 2.29. The summed E-state index contributed by atoms with van der Waals surface area (Å²) in [6.45, 7) is 1.61. The van der Waals surface area contributed by atoms with Crippen LogP contribution in [0, 0.1) is 17.1 Å². The molecule has 0 atom stereocenters. The largest absolute Gasteiger partial charge is 0.508 e. The predicted octanol–water partition coefficient (Wildman–Crippen LogP) is 3.03. The van der Waals surface area contributed by atoms with Crippen molar-refractivity contribution in [2.75, 3.05) is 13.1 Å². The normalized spacial score (nSPS) is 14.6. The van der Waals surface area contributed by atoms with Crippen molar-refractivity contribution in [2.24, 2.45) is 0 Å². The van der Waals surface area contributed by atoms with Gasteiger partial charge in [-0.3, -0.25) is 0 Å². The van der Waals surface area contributed by atoms with Crippen molar-refractivity contribution in [3.05, 3.63) is 59.5 Å². The number of fused-ring (bicyclic) bond motifs is 1. The molecule has 0 spiro atoms. The van der Waals surface area contributed by atoms with Crippen LogP contribution in [0.4, 0.5) is 4.39 Å². The molecular formula is C18H14FN3O. The summed E-state index contributed by atoms with van der Waals surface area (Å²) in [5, 5.41) is 23.4. The van der Waals surface area contributed by atoms with Crippen LogP contribution in [0.1, 0.15) is 17.2 Å². The molecule has 0 saturated carbocycles. The summed E-state index contributed by atoms with van der Waals surface area (Å²) in [6.07, 6.45) is 0. The van der Waals surface area contributed by atoms with Crippen LogP contribution >= 0.6 is 0 Å². The summed E-state index contributed by atoms with van der Waals surface area (Å²) in [5.74, 6) is 0.0583. The van der Waals surface area contributed by atoms with Gasteiger partial charge in [-0.2, -0.15) is 5.26 Å². The van der Waals surface area contributed by atoms with Gasteiger partial charge in [-0.15, -0.1) is 0 Å². The van der Waals surface area contributed by atoms with Crippen molar-refractivity contribution in [2.45, 2.75) is 5.92 Å². The number of aromatic nitrogens is 1. The first kappa shape index (κ1) is 13.8. The summed E-state index contributed by atoms with van der Waals surface area (Å²) in [7, 11) is 0. The first-order chi connectivity index (χ1) is 11.2. The first-order valence-corrected chi connectivity index (χ1v) is 7.43. The van der Waals surface area contributed by atoms with Crippen LogP contribution in [0.15, 0.2) is 42.5 Å².